The van der Waals surface area contributed by atoms with Crippen LogP contribution in [0.3, 0.4) is 0 Å². The number of hydrogen-bond donors (Lipinski definition) is 1. The highest BCUT2D eigenvalue weighted by atomic mass is 32.1. The molecule has 0 aliphatic carbocycles. The predicted molar refractivity (Wildman–Crippen MR) is 60.0 cm³/mol. The van der Waals surface area contributed by atoms with Gasteiger partial charge in [-0.15, -0.1) is 11.3 Å². The van der Waals surface area contributed by atoms with Crippen LogP contribution < -0.4 is 0 Å². The van der Waals surface area contributed by atoms with Gasteiger partial charge in [0.15, 0.2) is 0 Å². The Bertz CT molecular complexity index is 318. The molecule has 1 aromatic rings. The van der Waals surface area contributed by atoms with Gasteiger partial charge >= 0.3 is 0 Å². The van der Waals surface area contributed by atoms with Crippen molar-refractivity contribution >= 4 is 11.3 Å². The largest absolute Gasteiger partial charge is 0.391 e. The SMILES string of the molecule is CCCc1nc(C2CCCO2)sc1CO. The van der Waals surface area contributed by atoms with Gasteiger partial charge in [0.1, 0.15) is 11.1 Å². The zero-order valence-electron chi connectivity index (χ0n) is 9.03. The average Bonchev–Trinajstić information content (AvgIpc) is 2.84. The van der Waals surface area contributed by atoms with E-state index in [2.05, 4.69) is 11.9 Å². The molecule has 3 nitrogen and oxygen atoms in total. The minimum Gasteiger partial charge on any atom is -0.391 e. The fourth-order valence-corrected chi connectivity index (χ4v) is 2.92. The number of aliphatic hydroxyl groups excluding tert-OH is 1. The second-order valence-electron chi connectivity index (χ2n) is 3.83. The Labute approximate surface area is 94.1 Å². The molecule has 0 saturated carbocycles. The fourth-order valence-electron chi connectivity index (χ4n) is 1.87. The van der Waals surface area contributed by atoms with Crippen LogP contribution in [0.4, 0.5) is 0 Å². The average molecular weight is 227 g/mol. The lowest BCUT2D eigenvalue weighted by molar-refractivity contribution is 0.111. The zero-order chi connectivity index (χ0) is 10.7. The molecule has 1 aromatic heterocycles. The van der Waals surface area contributed by atoms with E-state index in [1.54, 1.807) is 11.3 Å². The number of aryl methyl sites for hydroxylation is 1. The van der Waals surface area contributed by atoms with E-state index in [4.69, 9.17) is 4.74 Å². The molecule has 1 unspecified atom stereocenters. The Kier molecular flexibility index (Phi) is 3.72. The van der Waals surface area contributed by atoms with Crippen molar-refractivity contribution in [3.05, 3.63) is 15.6 Å². The van der Waals surface area contributed by atoms with Crippen molar-refractivity contribution < 1.29 is 9.84 Å². The van der Waals surface area contributed by atoms with Crippen LogP contribution >= 0.6 is 11.3 Å². The molecule has 2 rings (SSSR count). The van der Waals surface area contributed by atoms with Gasteiger partial charge in [-0.2, -0.15) is 0 Å². The highest BCUT2D eigenvalue weighted by molar-refractivity contribution is 7.11. The van der Waals surface area contributed by atoms with Crippen LogP contribution in [-0.2, 0) is 17.8 Å². The second kappa shape index (κ2) is 5.05. The first-order valence-electron chi connectivity index (χ1n) is 5.56. The summed E-state index contributed by atoms with van der Waals surface area (Å²) < 4.78 is 5.60. The van der Waals surface area contributed by atoms with Crippen LogP contribution in [0.5, 0.6) is 0 Å². The van der Waals surface area contributed by atoms with Crippen LogP contribution in [0.1, 0.15) is 47.9 Å². The normalized spacial score (nSPS) is 21.1. The third-order valence-corrected chi connectivity index (χ3v) is 3.80. The van der Waals surface area contributed by atoms with Crippen molar-refractivity contribution in [1.29, 1.82) is 0 Å². The van der Waals surface area contributed by atoms with E-state index >= 15 is 0 Å². The standard InChI is InChI=1S/C11H17NO2S/c1-2-4-8-10(7-13)15-11(12-8)9-5-3-6-14-9/h9,13H,2-7H2,1H3. The first kappa shape index (κ1) is 11.0. The molecule has 0 bridgehead atoms. The molecule has 1 aliphatic rings. The van der Waals surface area contributed by atoms with Gasteiger partial charge in [-0.25, -0.2) is 4.98 Å². The highest BCUT2D eigenvalue weighted by Crippen LogP contribution is 2.33. The van der Waals surface area contributed by atoms with Gasteiger partial charge in [-0.05, 0) is 19.3 Å². The van der Waals surface area contributed by atoms with Gasteiger partial charge in [0.2, 0.25) is 0 Å². The predicted octanol–water partition coefficient (Wildman–Crippen LogP) is 2.44. The fraction of sp³-hybridized carbons (Fsp3) is 0.727. The quantitative estimate of drug-likeness (QED) is 0.859. The number of rotatable bonds is 4. The summed E-state index contributed by atoms with van der Waals surface area (Å²) in [6.45, 7) is 3.09. The number of aromatic nitrogens is 1. The molecule has 2 heterocycles. The first-order chi connectivity index (χ1) is 7.35. The van der Waals surface area contributed by atoms with E-state index in [9.17, 15) is 5.11 Å². The summed E-state index contributed by atoms with van der Waals surface area (Å²) in [6.07, 6.45) is 4.41. The molecule has 84 valence electrons. The van der Waals surface area contributed by atoms with Crippen LogP contribution in [0.2, 0.25) is 0 Å². The maximum atomic E-state index is 9.23. The maximum Gasteiger partial charge on any atom is 0.122 e. The van der Waals surface area contributed by atoms with Gasteiger partial charge in [0.25, 0.3) is 0 Å². The molecule has 15 heavy (non-hydrogen) atoms. The molecule has 4 heteroatoms. The third-order valence-electron chi connectivity index (χ3n) is 2.63. The Hall–Kier alpha value is -0.450. The lowest BCUT2D eigenvalue weighted by Gasteiger charge is -2.03. The number of hydrogen-bond acceptors (Lipinski definition) is 4. The summed E-state index contributed by atoms with van der Waals surface area (Å²) in [4.78, 5) is 5.60. The summed E-state index contributed by atoms with van der Waals surface area (Å²) in [7, 11) is 0. The number of ether oxygens (including phenoxy) is 1. The molecule has 1 atom stereocenters. The third kappa shape index (κ3) is 2.38. The van der Waals surface area contributed by atoms with Gasteiger partial charge in [-0.3, -0.25) is 0 Å². The number of nitrogens with zero attached hydrogens (tertiary/aromatic N) is 1. The smallest absolute Gasteiger partial charge is 0.122 e. The number of thiazole rings is 1. The van der Waals surface area contributed by atoms with E-state index in [-0.39, 0.29) is 12.7 Å². The van der Waals surface area contributed by atoms with E-state index in [1.165, 1.54) is 0 Å². The topological polar surface area (TPSA) is 42.4 Å². The maximum absolute atomic E-state index is 9.23. The lowest BCUT2D eigenvalue weighted by atomic mass is 10.2. The van der Waals surface area contributed by atoms with Crippen LogP contribution in [0.15, 0.2) is 0 Å². The monoisotopic (exact) mass is 227 g/mol. The minimum absolute atomic E-state index is 0.111. The van der Waals surface area contributed by atoms with Gasteiger partial charge in [0, 0.05) is 6.61 Å². The van der Waals surface area contributed by atoms with E-state index in [1.807, 2.05) is 0 Å². The Balaban J connectivity index is 2.17. The van der Waals surface area contributed by atoms with Crippen molar-refractivity contribution in [1.82, 2.24) is 4.98 Å². The summed E-state index contributed by atoms with van der Waals surface area (Å²) >= 11 is 1.61. The Morgan fingerprint density at radius 1 is 1.60 bits per heavy atom. The van der Waals surface area contributed by atoms with E-state index in [0.717, 1.165) is 47.9 Å². The Morgan fingerprint density at radius 3 is 3.07 bits per heavy atom. The van der Waals surface area contributed by atoms with Crippen molar-refractivity contribution in [3.8, 4) is 0 Å². The first-order valence-corrected chi connectivity index (χ1v) is 6.37. The van der Waals surface area contributed by atoms with Gasteiger partial charge in [0.05, 0.1) is 17.2 Å². The summed E-state index contributed by atoms with van der Waals surface area (Å²) in [6, 6.07) is 0. The summed E-state index contributed by atoms with van der Waals surface area (Å²) in [5.41, 5.74) is 1.07. The van der Waals surface area contributed by atoms with Gasteiger partial charge in [-0.1, -0.05) is 13.3 Å². The van der Waals surface area contributed by atoms with Crippen LogP contribution in [0.25, 0.3) is 0 Å². The van der Waals surface area contributed by atoms with Crippen molar-refractivity contribution in [3.63, 3.8) is 0 Å². The molecule has 0 amide bonds. The van der Waals surface area contributed by atoms with Crippen molar-refractivity contribution in [2.24, 2.45) is 0 Å². The van der Waals surface area contributed by atoms with Crippen LogP contribution in [0, 0.1) is 0 Å². The molecule has 0 aromatic carbocycles. The van der Waals surface area contributed by atoms with Crippen molar-refractivity contribution in [2.75, 3.05) is 6.61 Å². The highest BCUT2D eigenvalue weighted by Gasteiger charge is 2.22. The molecule has 1 fully saturated rings. The molecular formula is C11H17NO2S. The molecule has 1 N–H and O–H groups in total. The summed E-state index contributed by atoms with van der Waals surface area (Å²) in [5.74, 6) is 0. The van der Waals surface area contributed by atoms with Crippen molar-refractivity contribution in [2.45, 2.75) is 45.3 Å². The Morgan fingerprint density at radius 2 is 2.47 bits per heavy atom. The number of aliphatic hydroxyl groups is 1. The summed E-state index contributed by atoms with van der Waals surface area (Å²) in [5, 5.41) is 10.3. The molecule has 1 aliphatic heterocycles. The molecular weight excluding hydrogens is 210 g/mol. The lowest BCUT2D eigenvalue weighted by Crippen LogP contribution is -1.95. The van der Waals surface area contributed by atoms with Gasteiger partial charge < -0.3 is 9.84 Å². The van der Waals surface area contributed by atoms with E-state index < -0.39 is 0 Å². The molecule has 1 saturated heterocycles. The zero-order valence-corrected chi connectivity index (χ0v) is 9.85. The minimum atomic E-state index is 0.111. The van der Waals surface area contributed by atoms with Crippen LogP contribution in [-0.4, -0.2) is 16.7 Å². The molecule has 0 spiro atoms. The van der Waals surface area contributed by atoms with E-state index in [0.29, 0.717) is 0 Å². The second-order valence-corrected chi connectivity index (χ2v) is 4.95. The molecule has 0 radical (unpaired) electrons.